The van der Waals surface area contributed by atoms with Crippen molar-refractivity contribution in [2.75, 3.05) is 37.4 Å². The fraction of sp³-hybridized carbons (Fsp3) is 0.269. The molecule has 0 amide bonds. The molecule has 0 bridgehead atoms. The van der Waals surface area contributed by atoms with Crippen LogP contribution in [0.3, 0.4) is 0 Å². The second-order valence-corrected chi connectivity index (χ2v) is 9.19. The minimum atomic E-state index is -2.66. The van der Waals surface area contributed by atoms with E-state index in [-0.39, 0.29) is 13.0 Å². The van der Waals surface area contributed by atoms with Crippen LogP contribution >= 0.6 is 0 Å². The van der Waals surface area contributed by atoms with E-state index in [2.05, 4.69) is 49.1 Å². The van der Waals surface area contributed by atoms with Gasteiger partial charge in [0.25, 0.3) is 5.92 Å². The van der Waals surface area contributed by atoms with Crippen molar-refractivity contribution in [2.45, 2.75) is 18.9 Å². The second-order valence-electron chi connectivity index (χ2n) is 9.19. The first-order valence-electron chi connectivity index (χ1n) is 11.4. The molecule has 1 aromatic carbocycles. The van der Waals surface area contributed by atoms with Gasteiger partial charge in [-0.25, -0.2) is 13.8 Å². The van der Waals surface area contributed by atoms with Crippen LogP contribution in [0.1, 0.15) is 17.7 Å². The summed E-state index contributed by atoms with van der Waals surface area (Å²) >= 11 is 0. The Labute approximate surface area is 202 Å². The molecule has 35 heavy (non-hydrogen) atoms. The highest BCUT2D eigenvalue weighted by molar-refractivity contribution is 5.95. The number of halogens is 2. The van der Waals surface area contributed by atoms with Crippen LogP contribution < -0.4 is 10.2 Å². The molecule has 2 N–H and O–H groups in total. The van der Waals surface area contributed by atoms with Crippen molar-refractivity contribution in [1.82, 2.24) is 25.1 Å². The third kappa shape index (κ3) is 5.00. The third-order valence-corrected chi connectivity index (χ3v) is 6.01. The van der Waals surface area contributed by atoms with Crippen LogP contribution in [0.15, 0.2) is 61.6 Å². The number of nitrogens with zero attached hydrogens (tertiary/aromatic N) is 5. The zero-order chi connectivity index (χ0) is 24.6. The number of hydrogen-bond donors (Lipinski definition) is 2. The Balaban J connectivity index is 1.35. The Morgan fingerprint density at radius 1 is 1.14 bits per heavy atom. The van der Waals surface area contributed by atoms with Crippen LogP contribution in [0, 0.1) is 0 Å². The van der Waals surface area contributed by atoms with Crippen LogP contribution in [-0.4, -0.2) is 58.2 Å². The number of aromatic nitrogens is 4. The number of fused-ring (bicyclic) bond motifs is 1. The van der Waals surface area contributed by atoms with E-state index in [4.69, 9.17) is 0 Å². The molecule has 0 saturated carbocycles. The van der Waals surface area contributed by atoms with E-state index >= 15 is 0 Å². The van der Waals surface area contributed by atoms with E-state index in [1.165, 1.54) is 0 Å². The van der Waals surface area contributed by atoms with Crippen LogP contribution in [0.25, 0.3) is 27.7 Å². The summed E-state index contributed by atoms with van der Waals surface area (Å²) in [6.45, 7) is 4.98. The maximum absolute atomic E-state index is 13.5. The van der Waals surface area contributed by atoms with Gasteiger partial charge in [0, 0.05) is 42.9 Å². The van der Waals surface area contributed by atoms with Crippen molar-refractivity contribution < 1.29 is 8.78 Å². The zero-order valence-electron chi connectivity index (χ0n) is 19.7. The Morgan fingerprint density at radius 3 is 2.71 bits per heavy atom. The van der Waals surface area contributed by atoms with Gasteiger partial charge in [-0.05, 0) is 55.6 Å². The molecule has 1 aliphatic heterocycles. The monoisotopic (exact) mass is 475 g/mol. The molecule has 4 heterocycles. The van der Waals surface area contributed by atoms with Gasteiger partial charge in [-0.3, -0.25) is 10.1 Å². The van der Waals surface area contributed by atoms with Crippen LogP contribution in [0.4, 0.5) is 20.3 Å². The fourth-order valence-corrected chi connectivity index (χ4v) is 4.33. The number of rotatable bonds is 7. The molecule has 0 unspecified atom stereocenters. The van der Waals surface area contributed by atoms with Crippen LogP contribution in [0.5, 0.6) is 0 Å². The van der Waals surface area contributed by atoms with Crippen molar-refractivity contribution in [3.05, 3.63) is 72.8 Å². The Bertz CT molecular complexity index is 1360. The molecule has 1 saturated heterocycles. The average molecular weight is 476 g/mol. The number of nitrogens with one attached hydrogen (secondary N) is 2. The summed E-state index contributed by atoms with van der Waals surface area (Å²) in [5.41, 5.74) is 6.11. The second kappa shape index (κ2) is 9.07. The summed E-state index contributed by atoms with van der Waals surface area (Å²) in [7, 11) is 4.06. The summed E-state index contributed by atoms with van der Waals surface area (Å²) < 4.78 is 27.0. The standard InChI is InChI=1S/C26H27F2N7/c1-17(31-21-5-7-24(30-14-21)35-9-8-26(27,28)16-35)25-22-11-19(4-6-23(22)32-33-25)20-10-18(12-29-13-20)15-34(2)3/h4-7,10-14,31H,1,8-9,15-16H2,2-3H3,(H,32,33). The number of anilines is 2. The normalized spacial score (nSPS) is 15.2. The van der Waals surface area contributed by atoms with Crippen molar-refractivity contribution in [1.29, 1.82) is 0 Å². The lowest BCUT2D eigenvalue weighted by Crippen LogP contribution is -2.25. The first-order valence-corrected chi connectivity index (χ1v) is 11.4. The molecule has 3 aromatic heterocycles. The van der Waals surface area contributed by atoms with E-state index < -0.39 is 5.92 Å². The van der Waals surface area contributed by atoms with E-state index in [0.717, 1.165) is 34.1 Å². The first-order chi connectivity index (χ1) is 16.8. The fourth-order valence-electron chi connectivity index (χ4n) is 4.33. The number of benzene rings is 1. The number of alkyl halides is 2. The summed E-state index contributed by atoms with van der Waals surface area (Å²) in [4.78, 5) is 12.5. The van der Waals surface area contributed by atoms with Crippen molar-refractivity contribution in [3.8, 4) is 11.1 Å². The SMILES string of the molecule is C=C(Nc1ccc(N2CCC(F)(F)C2)nc1)c1n[nH]c2ccc(-c3cncc(CN(C)C)c3)cc12. The van der Waals surface area contributed by atoms with Gasteiger partial charge < -0.3 is 15.1 Å². The van der Waals surface area contributed by atoms with Crippen LogP contribution in [0.2, 0.25) is 0 Å². The maximum atomic E-state index is 13.5. The molecule has 1 fully saturated rings. The van der Waals surface area contributed by atoms with Gasteiger partial charge in [0.1, 0.15) is 11.5 Å². The average Bonchev–Trinajstić information content (AvgIpc) is 3.41. The Kier molecular flexibility index (Phi) is 5.94. The molecular formula is C26H27F2N7. The highest BCUT2D eigenvalue weighted by Crippen LogP contribution is 2.31. The molecule has 0 radical (unpaired) electrons. The molecule has 5 rings (SSSR count). The van der Waals surface area contributed by atoms with Gasteiger partial charge in [0.2, 0.25) is 0 Å². The molecule has 7 nitrogen and oxygen atoms in total. The number of H-pyrrole nitrogens is 1. The summed E-state index contributed by atoms with van der Waals surface area (Å²) in [5.74, 6) is -2.12. The van der Waals surface area contributed by atoms with Gasteiger partial charge in [0.05, 0.1) is 29.6 Å². The molecule has 9 heteroatoms. The lowest BCUT2D eigenvalue weighted by atomic mass is 10.0. The topological polar surface area (TPSA) is 73.0 Å². The molecule has 4 aromatic rings. The van der Waals surface area contributed by atoms with Gasteiger partial charge in [-0.1, -0.05) is 12.6 Å². The zero-order valence-corrected chi connectivity index (χ0v) is 19.7. The Hall–Kier alpha value is -3.85. The molecule has 1 aliphatic rings. The van der Waals surface area contributed by atoms with Gasteiger partial charge in [-0.15, -0.1) is 0 Å². The third-order valence-electron chi connectivity index (χ3n) is 6.01. The first kappa shape index (κ1) is 22.9. The van der Waals surface area contributed by atoms with Gasteiger partial charge in [0.15, 0.2) is 0 Å². The predicted molar refractivity (Wildman–Crippen MR) is 135 cm³/mol. The number of hydrogen-bond acceptors (Lipinski definition) is 6. The molecular weight excluding hydrogens is 448 g/mol. The van der Waals surface area contributed by atoms with Crippen molar-refractivity contribution >= 4 is 28.1 Å². The van der Waals surface area contributed by atoms with E-state index in [1.54, 1.807) is 17.2 Å². The lowest BCUT2D eigenvalue weighted by molar-refractivity contribution is 0.0256. The largest absolute Gasteiger partial charge is 0.353 e. The summed E-state index contributed by atoms with van der Waals surface area (Å²) in [5, 5.41) is 11.7. The van der Waals surface area contributed by atoms with Gasteiger partial charge in [-0.2, -0.15) is 5.10 Å². The Morgan fingerprint density at radius 2 is 2.00 bits per heavy atom. The van der Waals surface area contributed by atoms with E-state index in [0.29, 0.717) is 29.4 Å². The minimum absolute atomic E-state index is 0.143. The van der Waals surface area contributed by atoms with Crippen molar-refractivity contribution in [2.24, 2.45) is 0 Å². The summed E-state index contributed by atoms with van der Waals surface area (Å²) in [6, 6.07) is 11.8. The predicted octanol–water partition coefficient (Wildman–Crippen LogP) is 5.01. The highest BCUT2D eigenvalue weighted by atomic mass is 19.3. The minimum Gasteiger partial charge on any atom is -0.353 e. The lowest BCUT2D eigenvalue weighted by Gasteiger charge is -2.17. The van der Waals surface area contributed by atoms with Crippen molar-refractivity contribution in [3.63, 3.8) is 0 Å². The molecule has 0 aliphatic carbocycles. The number of aromatic amines is 1. The molecule has 0 spiro atoms. The summed E-state index contributed by atoms with van der Waals surface area (Å²) in [6.07, 6.45) is 5.22. The van der Waals surface area contributed by atoms with Gasteiger partial charge >= 0.3 is 0 Å². The molecule has 0 atom stereocenters. The van der Waals surface area contributed by atoms with Crippen LogP contribution in [-0.2, 0) is 6.54 Å². The molecule has 180 valence electrons. The highest BCUT2D eigenvalue weighted by Gasteiger charge is 2.38. The van der Waals surface area contributed by atoms with E-state index in [9.17, 15) is 8.78 Å². The smallest absolute Gasteiger partial charge is 0.266 e. The quantitative estimate of drug-likeness (QED) is 0.392. The maximum Gasteiger partial charge on any atom is 0.266 e. The number of pyridine rings is 2. The van der Waals surface area contributed by atoms with E-state index in [1.807, 2.05) is 44.7 Å².